The Hall–Kier alpha value is -1.40. The van der Waals surface area contributed by atoms with Gasteiger partial charge in [-0.15, -0.1) is 0 Å². The average molecular weight is 282 g/mol. The zero-order valence-electron chi connectivity index (χ0n) is 12.9. The Labute approximate surface area is 120 Å². The second-order valence-electron chi connectivity index (χ2n) is 4.76. The smallest absolute Gasteiger partial charge is 0.268 e. The molecule has 114 valence electrons. The van der Waals surface area contributed by atoms with Crippen molar-refractivity contribution < 1.29 is 4.74 Å². The number of methoxy groups -OCH3 is 1. The predicted octanol–water partition coefficient (Wildman–Crippen LogP) is 0.714. The van der Waals surface area contributed by atoms with Crippen LogP contribution in [0.5, 0.6) is 0 Å². The van der Waals surface area contributed by atoms with Crippen LogP contribution in [0.1, 0.15) is 20.8 Å². The van der Waals surface area contributed by atoms with Crippen LogP contribution in [0.2, 0.25) is 0 Å². The highest BCUT2D eigenvalue weighted by Crippen LogP contribution is 2.07. The van der Waals surface area contributed by atoms with Crippen LogP contribution in [0.15, 0.2) is 17.1 Å². The van der Waals surface area contributed by atoms with E-state index < -0.39 is 0 Å². The van der Waals surface area contributed by atoms with Gasteiger partial charge in [-0.2, -0.15) is 5.10 Å². The summed E-state index contributed by atoms with van der Waals surface area (Å²) in [6.45, 7) is 9.83. The number of hydrogen-bond acceptors (Lipinski definition) is 5. The lowest BCUT2D eigenvalue weighted by atomic mass is 10.3. The molecular formula is C14H26N4O2. The average Bonchev–Trinajstić information content (AvgIpc) is 2.43. The first-order chi connectivity index (χ1) is 9.62. The summed E-state index contributed by atoms with van der Waals surface area (Å²) in [7, 11) is 1.68. The minimum Gasteiger partial charge on any atom is -0.383 e. The first-order valence-electron chi connectivity index (χ1n) is 7.16. The maximum atomic E-state index is 12.0. The van der Waals surface area contributed by atoms with Crippen LogP contribution < -0.4 is 15.8 Å². The van der Waals surface area contributed by atoms with Gasteiger partial charge in [-0.05, 0) is 20.8 Å². The molecule has 1 unspecified atom stereocenters. The summed E-state index contributed by atoms with van der Waals surface area (Å²) < 4.78 is 6.53. The van der Waals surface area contributed by atoms with Crippen molar-refractivity contribution in [3.8, 4) is 0 Å². The lowest BCUT2D eigenvalue weighted by molar-refractivity contribution is 0.171. The molecule has 0 spiro atoms. The van der Waals surface area contributed by atoms with Gasteiger partial charge in [0.15, 0.2) is 0 Å². The molecule has 0 aliphatic rings. The number of nitrogens with zero attached hydrogens (tertiary/aromatic N) is 3. The van der Waals surface area contributed by atoms with Gasteiger partial charge in [-0.3, -0.25) is 4.79 Å². The van der Waals surface area contributed by atoms with Gasteiger partial charge in [-0.25, -0.2) is 4.68 Å². The van der Waals surface area contributed by atoms with Crippen molar-refractivity contribution in [1.29, 1.82) is 0 Å². The standard InChI is InChI=1S/C14H26N4O2/c1-5-17(6-2)13-9-14(19)18(16-10-13)8-7-15-12(3)11-20-4/h9-10,12,15H,5-8,11H2,1-4H3. The third-order valence-electron chi connectivity index (χ3n) is 3.22. The van der Waals surface area contributed by atoms with E-state index >= 15 is 0 Å². The molecule has 0 aliphatic carbocycles. The van der Waals surface area contributed by atoms with Gasteiger partial charge in [0.05, 0.1) is 25.0 Å². The van der Waals surface area contributed by atoms with Crippen molar-refractivity contribution in [1.82, 2.24) is 15.1 Å². The molecule has 1 aromatic rings. The van der Waals surface area contributed by atoms with Crippen molar-refractivity contribution in [3.05, 3.63) is 22.6 Å². The van der Waals surface area contributed by atoms with Crippen LogP contribution in [0.25, 0.3) is 0 Å². The monoisotopic (exact) mass is 282 g/mol. The molecule has 0 saturated heterocycles. The molecule has 1 aromatic heterocycles. The highest BCUT2D eigenvalue weighted by molar-refractivity contribution is 5.42. The van der Waals surface area contributed by atoms with Crippen LogP contribution in [0.4, 0.5) is 5.69 Å². The van der Waals surface area contributed by atoms with Gasteiger partial charge in [0, 0.05) is 38.9 Å². The van der Waals surface area contributed by atoms with Gasteiger partial charge in [-0.1, -0.05) is 0 Å². The quantitative estimate of drug-likeness (QED) is 0.723. The van der Waals surface area contributed by atoms with E-state index in [9.17, 15) is 4.79 Å². The zero-order chi connectivity index (χ0) is 15.0. The summed E-state index contributed by atoms with van der Waals surface area (Å²) in [5.41, 5.74) is 0.826. The molecule has 1 heterocycles. The van der Waals surface area contributed by atoms with Gasteiger partial charge >= 0.3 is 0 Å². The van der Waals surface area contributed by atoms with E-state index in [2.05, 4.69) is 29.2 Å². The summed E-state index contributed by atoms with van der Waals surface area (Å²) in [5.74, 6) is 0. The van der Waals surface area contributed by atoms with E-state index in [1.165, 1.54) is 4.68 Å². The Kier molecular flexibility index (Phi) is 7.25. The number of aromatic nitrogens is 2. The maximum Gasteiger partial charge on any atom is 0.268 e. The first-order valence-corrected chi connectivity index (χ1v) is 7.16. The van der Waals surface area contributed by atoms with Crippen molar-refractivity contribution in [2.24, 2.45) is 0 Å². The second kappa shape index (κ2) is 8.71. The molecule has 6 nitrogen and oxygen atoms in total. The lowest BCUT2D eigenvalue weighted by Crippen LogP contribution is -2.35. The third-order valence-corrected chi connectivity index (χ3v) is 3.22. The predicted molar refractivity (Wildman–Crippen MR) is 81.4 cm³/mol. The summed E-state index contributed by atoms with van der Waals surface area (Å²) in [4.78, 5) is 14.1. The van der Waals surface area contributed by atoms with Gasteiger partial charge in [0.2, 0.25) is 0 Å². The highest BCUT2D eigenvalue weighted by atomic mass is 16.5. The third kappa shape index (κ3) is 4.94. The number of ether oxygens (including phenoxy) is 1. The molecule has 6 heteroatoms. The fourth-order valence-electron chi connectivity index (χ4n) is 2.08. The lowest BCUT2D eigenvalue weighted by Gasteiger charge is -2.20. The van der Waals surface area contributed by atoms with Crippen LogP contribution >= 0.6 is 0 Å². The fraction of sp³-hybridized carbons (Fsp3) is 0.714. The topological polar surface area (TPSA) is 59.4 Å². The molecule has 0 amide bonds. The zero-order valence-corrected chi connectivity index (χ0v) is 12.9. The SMILES string of the molecule is CCN(CC)c1cnn(CCNC(C)COC)c(=O)c1. The molecule has 0 aromatic carbocycles. The summed E-state index contributed by atoms with van der Waals surface area (Å²) in [6.07, 6.45) is 1.76. The fourth-order valence-corrected chi connectivity index (χ4v) is 2.08. The number of anilines is 1. The van der Waals surface area contributed by atoms with Crippen LogP contribution in [-0.4, -0.2) is 49.2 Å². The molecule has 0 saturated carbocycles. The first kappa shape index (κ1) is 16.7. The van der Waals surface area contributed by atoms with Crippen molar-refractivity contribution >= 4 is 5.69 Å². The van der Waals surface area contributed by atoms with Crippen molar-refractivity contribution in [3.63, 3.8) is 0 Å². The van der Waals surface area contributed by atoms with E-state index in [4.69, 9.17) is 4.74 Å². The second-order valence-corrected chi connectivity index (χ2v) is 4.76. The Morgan fingerprint density at radius 2 is 2.15 bits per heavy atom. The normalized spacial score (nSPS) is 12.4. The van der Waals surface area contributed by atoms with E-state index in [1.807, 2.05) is 6.92 Å². The maximum absolute atomic E-state index is 12.0. The Morgan fingerprint density at radius 3 is 2.70 bits per heavy atom. The van der Waals surface area contributed by atoms with Gasteiger partial charge < -0.3 is 15.0 Å². The molecule has 1 rings (SSSR count). The molecule has 0 bridgehead atoms. The Bertz CT molecular complexity index is 443. The van der Waals surface area contributed by atoms with Crippen molar-refractivity contribution in [2.45, 2.75) is 33.4 Å². The number of nitrogens with one attached hydrogen (secondary N) is 1. The minimum atomic E-state index is -0.0596. The van der Waals surface area contributed by atoms with Gasteiger partial charge in [0.25, 0.3) is 5.56 Å². The summed E-state index contributed by atoms with van der Waals surface area (Å²) in [6, 6.07) is 1.92. The van der Waals surface area contributed by atoms with E-state index in [0.29, 0.717) is 19.7 Å². The molecule has 0 aliphatic heterocycles. The summed E-state index contributed by atoms with van der Waals surface area (Å²) in [5, 5.41) is 7.51. The highest BCUT2D eigenvalue weighted by Gasteiger charge is 2.06. The minimum absolute atomic E-state index is 0.0596. The Balaban J connectivity index is 2.58. The van der Waals surface area contributed by atoms with Crippen LogP contribution in [0, 0.1) is 0 Å². The number of rotatable bonds is 9. The molecule has 0 radical (unpaired) electrons. The van der Waals surface area contributed by atoms with E-state index in [1.54, 1.807) is 19.4 Å². The van der Waals surface area contributed by atoms with Crippen LogP contribution in [-0.2, 0) is 11.3 Å². The van der Waals surface area contributed by atoms with Crippen molar-refractivity contribution in [2.75, 3.05) is 38.3 Å². The largest absolute Gasteiger partial charge is 0.383 e. The molecule has 20 heavy (non-hydrogen) atoms. The molecule has 1 N–H and O–H groups in total. The van der Waals surface area contributed by atoms with E-state index in [0.717, 1.165) is 18.8 Å². The number of hydrogen-bond donors (Lipinski definition) is 1. The molecule has 1 atom stereocenters. The van der Waals surface area contributed by atoms with E-state index in [-0.39, 0.29) is 11.6 Å². The van der Waals surface area contributed by atoms with Crippen LogP contribution in [0.3, 0.4) is 0 Å². The van der Waals surface area contributed by atoms with Gasteiger partial charge in [0.1, 0.15) is 0 Å². The summed E-state index contributed by atoms with van der Waals surface area (Å²) >= 11 is 0. The Morgan fingerprint density at radius 1 is 1.45 bits per heavy atom. The molecular weight excluding hydrogens is 256 g/mol. The molecule has 0 fully saturated rings.